The van der Waals surface area contributed by atoms with Crippen LogP contribution in [0.3, 0.4) is 0 Å². The van der Waals surface area contributed by atoms with E-state index < -0.39 is 0 Å². The molecule has 0 amide bonds. The third-order valence-corrected chi connectivity index (χ3v) is 3.74. The molecule has 104 valence electrons. The van der Waals surface area contributed by atoms with Gasteiger partial charge in [0.1, 0.15) is 11.6 Å². The first-order valence-electron chi connectivity index (χ1n) is 7.19. The van der Waals surface area contributed by atoms with E-state index in [9.17, 15) is 0 Å². The lowest BCUT2D eigenvalue weighted by atomic mass is 10.2. The van der Waals surface area contributed by atoms with E-state index in [0.717, 1.165) is 43.5 Å². The standard InChI is InChI=1S/C14H22N4O/c1-3-15-13-6-10(2)16-14(17-13)9-18-7-11-4-5-12(8-18)19-11/h6,11-12H,3-5,7-9H2,1-2H3,(H,15,16,17). The highest BCUT2D eigenvalue weighted by molar-refractivity contribution is 5.35. The number of fused-ring (bicyclic) bond motifs is 2. The first-order chi connectivity index (χ1) is 9.22. The van der Waals surface area contributed by atoms with E-state index >= 15 is 0 Å². The Morgan fingerprint density at radius 2 is 2.05 bits per heavy atom. The molecule has 0 aromatic carbocycles. The lowest BCUT2D eigenvalue weighted by molar-refractivity contribution is -0.0417. The molecule has 0 radical (unpaired) electrons. The fourth-order valence-corrected chi connectivity index (χ4v) is 3.00. The molecule has 2 unspecified atom stereocenters. The number of aryl methyl sites for hydroxylation is 1. The van der Waals surface area contributed by atoms with Crippen molar-refractivity contribution >= 4 is 5.82 Å². The number of ether oxygens (including phenoxy) is 1. The van der Waals surface area contributed by atoms with Crippen molar-refractivity contribution in [2.75, 3.05) is 25.0 Å². The number of anilines is 1. The van der Waals surface area contributed by atoms with Crippen LogP contribution in [0.5, 0.6) is 0 Å². The minimum absolute atomic E-state index is 0.428. The predicted molar refractivity (Wildman–Crippen MR) is 74.1 cm³/mol. The topological polar surface area (TPSA) is 50.3 Å². The van der Waals surface area contributed by atoms with Crippen molar-refractivity contribution < 1.29 is 4.74 Å². The molecule has 2 bridgehead atoms. The van der Waals surface area contributed by atoms with Crippen molar-refractivity contribution in [2.24, 2.45) is 0 Å². The molecule has 2 saturated heterocycles. The summed E-state index contributed by atoms with van der Waals surface area (Å²) < 4.78 is 5.86. The zero-order chi connectivity index (χ0) is 13.2. The summed E-state index contributed by atoms with van der Waals surface area (Å²) >= 11 is 0. The van der Waals surface area contributed by atoms with E-state index in [1.807, 2.05) is 13.0 Å². The number of hydrogen-bond acceptors (Lipinski definition) is 5. The molecule has 19 heavy (non-hydrogen) atoms. The summed E-state index contributed by atoms with van der Waals surface area (Å²) in [7, 11) is 0. The smallest absolute Gasteiger partial charge is 0.144 e. The number of hydrogen-bond donors (Lipinski definition) is 1. The van der Waals surface area contributed by atoms with Crippen molar-refractivity contribution in [1.29, 1.82) is 0 Å². The fraction of sp³-hybridized carbons (Fsp3) is 0.714. The van der Waals surface area contributed by atoms with Crippen molar-refractivity contribution in [3.8, 4) is 0 Å². The Labute approximate surface area is 114 Å². The Morgan fingerprint density at radius 3 is 2.74 bits per heavy atom. The molecule has 2 atom stereocenters. The van der Waals surface area contributed by atoms with Crippen LogP contribution in [0.4, 0.5) is 5.82 Å². The van der Waals surface area contributed by atoms with Gasteiger partial charge in [-0.3, -0.25) is 4.90 Å². The van der Waals surface area contributed by atoms with E-state index in [0.29, 0.717) is 12.2 Å². The molecule has 1 aromatic heterocycles. The molecule has 3 rings (SSSR count). The Balaban J connectivity index is 1.68. The maximum absolute atomic E-state index is 5.86. The molecule has 1 aromatic rings. The van der Waals surface area contributed by atoms with Gasteiger partial charge in [0.15, 0.2) is 0 Å². The van der Waals surface area contributed by atoms with Crippen molar-refractivity contribution in [1.82, 2.24) is 14.9 Å². The van der Waals surface area contributed by atoms with Gasteiger partial charge >= 0.3 is 0 Å². The number of aromatic nitrogens is 2. The van der Waals surface area contributed by atoms with Gasteiger partial charge < -0.3 is 10.1 Å². The van der Waals surface area contributed by atoms with E-state index in [1.165, 1.54) is 12.8 Å². The molecule has 0 saturated carbocycles. The van der Waals surface area contributed by atoms with Crippen LogP contribution in [0.25, 0.3) is 0 Å². The summed E-state index contributed by atoms with van der Waals surface area (Å²) in [6, 6.07) is 2.00. The van der Waals surface area contributed by atoms with Crippen LogP contribution < -0.4 is 5.32 Å². The third-order valence-electron chi connectivity index (χ3n) is 3.74. The van der Waals surface area contributed by atoms with Gasteiger partial charge in [-0.2, -0.15) is 0 Å². The normalized spacial score (nSPS) is 26.6. The molecule has 3 heterocycles. The molecule has 5 nitrogen and oxygen atoms in total. The number of morpholine rings is 1. The molecule has 2 aliphatic rings. The molecule has 2 aliphatic heterocycles. The highest BCUT2D eigenvalue weighted by Crippen LogP contribution is 2.26. The SMILES string of the molecule is CCNc1cc(C)nc(CN2CC3CCC(C2)O3)n1. The Morgan fingerprint density at radius 1 is 1.32 bits per heavy atom. The second-order valence-electron chi connectivity index (χ2n) is 5.49. The fourth-order valence-electron chi connectivity index (χ4n) is 3.00. The Hall–Kier alpha value is -1.20. The van der Waals surface area contributed by atoms with Gasteiger partial charge in [-0.25, -0.2) is 9.97 Å². The minimum atomic E-state index is 0.428. The van der Waals surface area contributed by atoms with Crippen LogP contribution >= 0.6 is 0 Å². The van der Waals surface area contributed by atoms with Gasteiger partial charge in [0, 0.05) is 31.4 Å². The third kappa shape index (κ3) is 3.04. The van der Waals surface area contributed by atoms with E-state index in [2.05, 4.69) is 27.1 Å². The van der Waals surface area contributed by atoms with Gasteiger partial charge in [-0.1, -0.05) is 0 Å². The van der Waals surface area contributed by atoms with Crippen LogP contribution in [0.2, 0.25) is 0 Å². The minimum Gasteiger partial charge on any atom is -0.372 e. The predicted octanol–water partition coefficient (Wildman–Crippen LogP) is 1.58. The van der Waals surface area contributed by atoms with Gasteiger partial charge in [0.2, 0.25) is 0 Å². The second-order valence-corrected chi connectivity index (χ2v) is 5.49. The summed E-state index contributed by atoms with van der Waals surface area (Å²) in [4.78, 5) is 11.6. The molecule has 1 N–H and O–H groups in total. The lowest BCUT2D eigenvalue weighted by Crippen LogP contribution is -2.42. The summed E-state index contributed by atoms with van der Waals surface area (Å²) in [6.07, 6.45) is 3.27. The maximum Gasteiger partial charge on any atom is 0.144 e. The Bertz CT molecular complexity index is 439. The molecule has 2 fully saturated rings. The van der Waals surface area contributed by atoms with Crippen LogP contribution in [0, 0.1) is 6.92 Å². The molecule has 5 heteroatoms. The quantitative estimate of drug-likeness (QED) is 0.893. The molecular weight excluding hydrogens is 240 g/mol. The van der Waals surface area contributed by atoms with Crippen LogP contribution in [0.15, 0.2) is 6.07 Å². The van der Waals surface area contributed by atoms with Crippen molar-refractivity contribution in [3.05, 3.63) is 17.6 Å². The van der Waals surface area contributed by atoms with Gasteiger partial charge in [0.05, 0.1) is 18.8 Å². The summed E-state index contributed by atoms with van der Waals surface area (Å²) in [5.41, 5.74) is 1.03. The van der Waals surface area contributed by atoms with Crippen molar-refractivity contribution in [2.45, 2.75) is 45.4 Å². The first kappa shape index (κ1) is 12.8. The number of likely N-dealkylation sites (tertiary alicyclic amines) is 1. The largest absolute Gasteiger partial charge is 0.372 e. The van der Waals surface area contributed by atoms with Crippen LogP contribution in [-0.2, 0) is 11.3 Å². The van der Waals surface area contributed by atoms with Crippen LogP contribution in [0.1, 0.15) is 31.3 Å². The first-order valence-corrected chi connectivity index (χ1v) is 7.19. The van der Waals surface area contributed by atoms with Crippen LogP contribution in [-0.4, -0.2) is 46.7 Å². The lowest BCUT2D eigenvalue weighted by Gasteiger charge is -2.31. The maximum atomic E-state index is 5.86. The summed E-state index contributed by atoms with van der Waals surface area (Å²) in [5, 5.41) is 3.26. The van der Waals surface area contributed by atoms with E-state index in [-0.39, 0.29) is 0 Å². The van der Waals surface area contributed by atoms with Gasteiger partial charge in [0.25, 0.3) is 0 Å². The summed E-state index contributed by atoms with van der Waals surface area (Å²) in [6.45, 7) is 7.86. The molecule has 0 aliphatic carbocycles. The zero-order valence-electron chi connectivity index (χ0n) is 11.7. The van der Waals surface area contributed by atoms with Gasteiger partial charge in [-0.05, 0) is 26.7 Å². The number of nitrogens with zero attached hydrogens (tertiary/aromatic N) is 3. The molecular formula is C14H22N4O. The average Bonchev–Trinajstić information content (AvgIpc) is 2.68. The zero-order valence-corrected chi connectivity index (χ0v) is 11.7. The highest BCUT2D eigenvalue weighted by atomic mass is 16.5. The summed E-state index contributed by atoms with van der Waals surface area (Å²) in [5.74, 6) is 1.85. The average molecular weight is 262 g/mol. The van der Waals surface area contributed by atoms with E-state index in [1.54, 1.807) is 0 Å². The number of rotatable bonds is 4. The monoisotopic (exact) mass is 262 g/mol. The molecule has 0 spiro atoms. The second kappa shape index (κ2) is 5.43. The number of nitrogens with one attached hydrogen (secondary N) is 1. The van der Waals surface area contributed by atoms with Gasteiger partial charge in [-0.15, -0.1) is 0 Å². The highest BCUT2D eigenvalue weighted by Gasteiger charge is 2.33. The Kier molecular flexibility index (Phi) is 3.66. The van der Waals surface area contributed by atoms with Crippen molar-refractivity contribution in [3.63, 3.8) is 0 Å². The van der Waals surface area contributed by atoms with E-state index in [4.69, 9.17) is 4.74 Å².